The molecular formula is C14H25N3. The number of hydrogen-bond acceptors (Lipinski definition) is 2. The number of allylic oxidation sites excluding steroid dienone is 1. The van der Waals surface area contributed by atoms with Gasteiger partial charge in [-0.25, -0.2) is 0 Å². The van der Waals surface area contributed by atoms with E-state index >= 15 is 0 Å². The maximum absolute atomic E-state index is 4.61. The lowest BCUT2D eigenvalue weighted by molar-refractivity contribution is 0.591. The zero-order valence-corrected chi connectivity index (χ0v) is 11.6. The van der Waals surface area contributed by atoms with Crippen LogP contribution in [0.3, 0.4) is 0 Å². The summed E-state index contributed by atoms with van der Waals surface area (Å²) < 4.78 is 2.12. The van der Waals surface area contributed by atoms with E-state index in [1.165, 1.54) is 22.5 Å². The third-order valence-corrected chi connectivity index (χ3v) is 3.08. The molecule has 0 unspecified atom stereocenters. The highest BCUT2D eigenvalue weighted by molar-refractivity contribution is 5.24. The lowest BCUT2D eigenvalue weighted by Gasteiger charge is -2.05. The molecule has 0 fully saturated rings. The molecule has 1 heterocycles. The van der Waals surface area contributed by atoms with Gasteiger partial charge in [-0.1, -0.05) is 12.5 Å². The highest BCUT2D eigenvalue weighted by Gasteiger charge is 2.10. The first-order valence-corrected chi connectivity index (χ1v) is 6.44. The van der Waals surface area contributed by atoms with Crippen molar-refractivity contribution in [1.82, 2.24) is 15.1 Å². The molecule has 17 heavy (non-hydrogen) atoms. The molecule has 0 saturated carbocycles. The summed E-state index contributed by atoms with van der Waals surface area (Å²) in [5.41, 5.74) is 5.09. The highest BCUT2D eigenvalue weighted by atomic mass is 15.3. The molecule has 1 aromatic heterocycles. The van der Waals surface area contributed by atoms with Crippen molar-refractivity contribution in [3.8, 4) is 0 Å². The summed E-state index contributed by atoms with van der Waals surface area (Å²) in [6, 6.07) is 0. The van der Waals surface area contributed by atoms with Gasteiger partial charge in [0.15, 0.2) is 0 Å². The SMILES string of the molecule is C=C(C)CCn1nc(C)c(CCNCC)c1C. The molecule has 0 radical (unpaired) electrons. The Balaban J connectivity index is 2.68. The van der Waals surface area contributed by atoms with E-state index in [1.54, 1.807) is 0 Å². The molecule has 0 amide bonds. The van der Waals surface area contributed by atoms with Crippen LogP contribution in [0.4, 0.5) is 0 Å². The molecule has 1 aromatic rings. The molecule has 0 atom stereocenters. The number of aryl methyl sites for hydroxylation is 2. The lowest BCUT2D eigenvalue weighted by Crippen LogP contribution is -2.16. The number of nitrogens with zero attached hydrogens (tertiary/aromatic N) is 2. The summed E-state index contributed by atoms with van der Waals surface area (Å²) in [5, 5.41) is 7.97. The molecule has 0 spiro atoms. The van der Waals surface area contributed by atoms with E-state index in [0.717, 1.165) is 32.5 Å². The summed E-state index contributed by atoms with van der Waals surface area (Å²) in [4.78, 5) is 0. The normalized spacial score (nSPS) is 10.8. The summed E-state index contributed by atoms with van der Waals surface area (Å²) >= 11 is 0. The van der Waals surface area contributed by atoms with Gasteiger partial charge in [0.2, 0.25) is 0 Å². The molecule has 0 aliphatic carbocycles. The van der Waals surface area contributed by atoms with E-state index in [-0.39, 0.29) is 0 Å². The standard InChI is InChI=1S/C14H25N3/c1-6-15-9-7-14-12(4)16-17(13(14)5)10-8-11(2)3/h15H,2,6-10H2,1,3-5H3. The van der Waals surface area contributed by atoms with Gasteiger partial charge in [-0.2, -0.15) is 5.10 Å². The van der Waals surface area contributed by atoms with Crippen LogP contribution in [-0.2, 0) is 13.0 Å². The number of hydrogen-bond donors (Lipinski definition) is 1. The van der Waals surface area contributed by atoms with E-state index in [9.17, 15) is 0 Å². The van der Waals surface area contributed by atoms with Crippen LogP contribution in [0.25, 0.3) is 0 Å². The number of aromatic nitrogens is 2. The predicted octanol–water partition coefficient (Wildman–Crippen LogP) is 2.62. The number of rotatable bonds is 7. The first kappa shape index (κ1) is 14.0. The van der Waals surface area contributed by atoms with Crippen molar-refractivity contribution >= 4 is 0 Å². The van der Waals surface area contributed by atoms with Crippen LogP contribution in [-0.4, -0.2) is 22.9 Å². The first-order valence-electron chi connectivity index (χ1n) is 6.44. The van der Waals surface area contributed by atoms with Crippen molar-refractivity contribution in [3.63, 3.8) is 0 Å². The molecule has 96 valence electrons. The van der Waals surface area contributed by atoms with Crippen molar-refractivity contribution in [1.29, 1.82) is 0 Å². The van der Waals surface area contributed by atoms with E-state index in [0.29, 0.717) is 0 Å². The third-order valence-electron chi connectivity index (χ3n) is 3.08. The maximum atomic E-state index is 4.61. The molecule has 3 heteroatoms. The first-order chi connectivity index (χ1) is 8.06. The highest BCUT2D eigenvalue weighted by Crippen LogP contribution is 2.14. The van der Waals surface area contributed by atoms with Gasteiger partial charge in [-0.15, -0.1) is 6.58 Å². The van der Waals surface area contributed by atoms with Gasteiger partial charge in [0.1, 0.15) is 0 Å². The smallest absolute Gasteiger partial charge is 0.0628 e. The fourth-order valence-electron chi connectivity index (χ4n) is 2.00. The molecular weight excluding hydrogens is 210 g/mol. The Morgan fingerprint density at radius 1 is 1.41 bits per heavy atom. The topological polar surface area (TPSA) is 29.9 Å². The van der Waals surface area contributed by atoms with Gasteiger partial charge in [-0.05, 0) is 52.3 Å². The molecule has 3 nitrogen and oxygen atoms in total. The largest absolute Gasteiger partial charge is 0.317 e. The second-order valence-electron chi connectivity index (χ2n) is 4.68. The maximum Gasteiger partial charge on any atom is 0.0628 e. The van der Waals surface area contributed by atoms with Gasteiger partial charge in [-0.3, -0.25) is 4.68 Å². The average Bonchev–Trinajstić information content (AvgIpc) is 2.53. The van der Waals surface area contributed by atoms with Crippen LogP contribution in [0.15, 0.2) is 12.2 Å². The van der Waals surface area contributed by atoms with Crippen molar-refractivity contribution in [2.45, 2.75) is 47.1 Å². The van der Waals surface area contributed by atoms with Crippen LogP contribution >= 0.6 is 0 Å². The fraction of sp³-hybridized carbons (Fsp3) is 0.643. The minimum Gasteiger partial charge on any atom is -0.317 e. The predicted molar refractivity (Wildman–Crippen MR) is 73.4 cm³/mol. The van der Waals surface area contributed by atoms with E-state index in [1.807, 2.05) is 0 Å². The van der Waals surface area contributed by atoms with Crippen LogP contribution < -0.4 is 5.32 Å². The van der Waals surface area contributed by atoms with Crippen LogP contribution in [0, 0.1) is 13.8 Å². The van der Waals surface area contributed by atoms with E-state index in [4.69, 9.17) is 0 Å². The average molecular weight is 235 g/mol. The van der Waals surface area contributed by atoms with E-state index in [2.05, 4.69) is 49.4 Å². The Morgan fingerprint density at radius 2 is 2.12 bits per heavy atom. The van der Waals surface area contributed by atoms with Crippen molar-refractivity contribution < 1.29 is 0 Å². The third kappa shape index (κ3) is 4.00. The molecule has 0 aromatic carbocycles. The molecule has 0 bridgehead atoms. The van der Waals surface area contributed by atoms with Crippen molar-refractivity contribution in [3.05, 3.63) is 29.1 Å². The molecule has 0 aliphatic heterocycles. The van der Waals surface area contributed by atoms with Crippen molar-refractivity contribution in [2.24, 2.45) is 0 Å². The van der Waals surface area contributed by atoms with Crippen molar-refractivity contribution in [2.75, 3.05) is 13.1 Å². The second-order valence-corrected chi connectivity index (χ2v) is 4.68. The monoisotopic (exact) mass is 235 g/mol. The minimum absolute atomic E-state index is 0.948. The fourth-order valence-corrected chi connectivity index (χ4v) is 2.00. The Hall–Kier alpha value is -1.09. The zero-order valence-electron chi connectivity index (χ0n) is 11.6. The van der Waals surface area contributed by atoms with E-state index < -0.39 is 0 Å². The summed E-state index contributed by atoms with van der Waals surface area (Å²) in [5.74, 6) is 0. The second kappa shape index (κ2) is 6.60. The van der Waals surface area contributed by atoms with Gasteiger partial charge in [0.05, 0.1) is 5.69 Å². The molecule has 1 rings (SSSR count). The van der Waals surface area contributed by atoms with Crippen LogP contribution in [0.1, 0.15) is 37.2 Å². The van der Waals surface area contributed by atoms with Gasteiger partial charge in [0, 0.05) is 12.2 Å². The van der Waals surface area contributed by atoms with Crippen LogP contribution in [0.2, 0.25) is 0 Å². The van der Waals surface area contributed by atoms with Gasteiger partial charge in [0.25, 0.3) is 0 Å². The lowest BCUT2D eigenvalue weighted by atomic mass is 10.1. The summed E-state index contributed by atoms with van der Waals surface area (Å²) in [7, 11) is 0. The Labute approximate surface area is 105 Å². The Bertz CT molecular complexity index is 377. The van der Waals surface area contributed by atoms with Crippen LogP contribution in [0.5, 0.6) is 0 Å². The quantitative estimate of drug-likeness (QED) is 0.581. The number of likely N-dealkylation sites (N-methyl/N-ethyl adjacent to an activating group) is 1. The van der Waals surface area contributed by atoms with Gasteiger partial charge >= 0.3 is 0 Å². The Kier molecular flexibility index (Phi) is 5.42. The Morgan fingerprint density at radius 3 is 2.71 bits per heavy atom. The zero-order chi connectivity index (χ0) is 12.8. The van der Waals surface area contributed by atoms with Gasteiger partial charge < -0.3 is 5.32 Å². The molecule has 0 aliphatic rings. The summed E-state index contributed by atoms with van der Waals surface area (Å²) in [6.07, 6.45) is 2.08. The number of nitrogens with one attached hydrogen (secondary N) is 1. The molecule has 1 N–H and O–H groups in total. The summed E-state index contributed by atoms with van der Waals surface area (Å²) in [6.45, 7) is 15.4. The molecule has 0 saturated heterocycles. The minimum atomic E-state index is 0.948.